The van der Waals surface area contributed by atoms with Crippen molar-refractivity contribution in [3.8, 4) is 0 Å². The van der Waals surface area contributed by atoms with E-state index in [1.54, 1.807) is 31.0 Å². The molecule has 1 amide bonds. The molecule has 1 aromatic heterocycles. The summed E-state index contributed by atoms with van der Waals surface area (Å²) in [7, 11) is 1.57. The molecule has 1 aromatic rings. The van der Waals surface area contributed by atoms with Crippen LogP contribution in [-0.2, 0) is 9.53 Å². The maximum Gasteiger partial charge on any atom is 0.293 e. The molecule has 20 heavy (non-hydrogen) atoms. The van der Waals surface area contributed by atoms with E-state index < -0.39 is 6.04 Å². The molecule has 1 unspecified atom stereocenters. The molecule has 0 bridgehead atoms. The number of hydrogen-bond donors (Lipinski definition) is 2. The molecule has 0 aliphatic rings. The number of amides is 1. The summed E-state index contributed by atoms with van der Waals surface area (Å²) in [5, 5.41) is 5.53. The van der Waals surface area contributed by atoms with Gasteiger partial charge in [0.1, 0.15) is 6.04 Å². The minimum absolute atomic E-state index is 0.0388. The topological polar surface area (TPSA) is 85.2 Å². The zero-order chi connectivity index (χ0) is 15.1. The van der Waals surface area contributed by atoms with Gasteiger partial charge in [-0.1, -0.05) is 0 Å². The first-order chi connectivity index (χ1) is 9.47. The van der Waals surface area contributed by atoms with Gasteiger partial charge in [0.25, 0.3) is 5.56 Å². The van der Waals surface area contributed by atoms with E-state index >= 15 is 0 Å². The van der Waals surface area contributed by atoms with Crippen LogP contribution in [0.4, 0.5) is 5.82 Å². The van der Waals surface area contributed by atoms with Crippen molar-refractivity contribution in [1.82, 2.24) is 14.9 Å². The van der Waals surface area contributed by atoms with E-state index in [4.69, 9.17) is 4.74 Å². The number of carbonyl (C=O) groups is 1. The molecular weight excluding hydrogens is 260 g/mol. The first-order valence-electron chi connectivity index (χ1n) is 6.57. The fourth-order valence-corrected chi connectivity index (χ4v) is 1.63. The third-order valence-corrected chi connectivity index (χ3v) is 2.78. The summed E-state index contributed by atoms with van der Waals surface area (Å²) in [6, 6.07) is -0.507. The van der Waals surface area contributed by atoms with Crippen molar-refractivity contribution in [2.45, 2.75) is 32.9 Å². The summed E-state index contributed by atoms with van der Waals surface area (Å²) < 4.78 is 6.41. The second kappa shape index (κ2) is 7.64. The van der Waals surface area contributed by atoms with Crippen molar-refractivity contribution in [2.75, 3.05) is 25.6 Å². The predicted octanol–water partition coefficient (Wildman–Crippen LogP) is 0.387. The third-order valence-electron chi connectivity index (χ3n) is 2.78. The summed E-state index contributed by atoms with van der Waals surface area (Å²) >= 11 is 0. The molecular formula is C13H22N4O3. The number of nitrogens with one attached hydrogen (secondary N) is 2. The van der Waals surface area contributed by atoms with E-state index in [0.29, 0.717) is 13.2 Å². The minimum Gasteiger partial charge on any atom is -0.383 e. The highest BCUT2D eigenvalue weighted by atomic mass is 16.5. The summed E-state index contributed by atoms with van der Waals surface area (Å²) in [4.78, 5) is 27.9. The van der Waals surface area contributed by atoms with E-state index in [1.165, 1.54) is 0 Å². The number of rotatable bonds is 7. The SMILES string of the molecule is COCCNC(=O)C(C)Nc1nccn(C(C)C)c1=O. The molecule has 1 atom stereocenters. The van der Waals surface area contributed by atoms with E-state index in [1.807, 2.05) is 13.8 Å². The molecule has 0 aromatic carbocycles. The summed E-state index contributed by atoms with van der Waals surface area (Å²) in [6.07, 6.45) is 3.17. The fourth-order valence-electron chi connectivity index (χ4n) is 1.63. The van der Waals surface area contributed by atoms with Gasteiger partial charge in [0.15, 0.2) is 5.82 Å². The number of aromatic nitrogens is 2. The molecule has 7 nitrogen and oxygen atoms in total. The molecule has 0 spiro atoms. The largest absolute Gasteiger partial charge is 0.383 e. The Morgan fingerprint density at radius 1 is 1.45 bits per heavy atom. The molecule has 0 saturated carbocycles. The third kappa shape index (κ3) is 4.34. The summed E-state index contributed by atoms with van der Waals surface area (Å²) in [5.41, 5.74) is -0.237. The summed E-state index contributed by atoms with van der Waals surface area (Å²) in [5.74, 6) is -0.0289. The highest BCUT2D eigenvalue weighted by Gasteiger charge is 2.15. The molecule has 1 heterocycles. The molecule has 7 heteroatoms. The van der Waals surface area contributed by atoms with Crippen molar-refractivity contribution in [3.05, 3.63) is 22.7 Å². The Morgan fingerprint density at radius 2 is 2.15 bits per heavy atom. The number of hydrogen-bond acceptors (Lipinski definition) is 5. The van der Waals surface area contributed by atoms with Crippen LogP contribution in [0.3, 0.4) is 0 Å². The van der Waals surface area contributed by atoms with Gasteiger partial charge in [-0.25, -0.2) is 4.98 Å². The van der Waals surface area contributed by atoms with Gasteiger partial charge in [0.2, 0.25) is 5.91 Å². The Hall–Kier alpha value is -1.89. The van der Waals surface area contributed by atoms with Crippen molar-refractivity contribution < 1.29 is 9.53 Å². The quantitative estimate of drug-likeness (QED) is 0.707. The van der Waals surface area contributed by atoms with Crippen LogP contribution in [0.5, 0.6) is 0 Å². The second-order valence-electron chi connectivity index (χ2n) is 4.73. The Kier molecular flexibility index (Phi) is 6.17. The zero-order valence-corrected chi connectivity index (χ0v) is 12.3. The molecule has 0 saturated heterocycles. The molecule has 1 rings (SSSR count). The normalized spacial score (nSPS) is 12.2. The Balaban J connectivity index is 2.71. The van der Waals surface area contributed by atoms with Gasteiger partial charge in [-0.2, -0.15) is 0 Å². The van der Waals surface area contributed by atoms with Crippen LogP contribution >= 0.6 is 0 Å². The second-order valence-corrected chi connectivity index (χ2v) is 4.73. The van der Waals surface area contributed by atoms with Gasteiger partial charge in [0, 0.05) is 32.1 Å². The molecule has 0 aliphatic carbocycles. The minimum atomic E-state index is -0.546. The zero-order valence-electron chi connectivity index (χ0n) is 12.3. The highest BCUT2D eigenvalue weighted by molar-refractivity contribution is 5.83. The Morgan fingerprint density at radius 3 is 2.75 bits per heavy atom. The fraction of sp³-hybridized carbons (Fsp3) is 0.615. The molecule has 0 fully saturated rings. The standard InChI is InChI=1S/C13H22N4O3/c1-9(2)17-7-5-14-11(13(17)19)16-10(3)12(18)15-6-8-20-4/h5,7,9-10H,6,8H2,1-4H3,(H,14,16)(H,15,18). The van der Waals surface area contributed by atoms with Crippen LogP contribution in [-0.4, -0.2) is 41.8 Å². The smallest absolute Gasteiger partial charge is 0.293 e. The van der Waals surface area contributed by atoms with Crippen molar-refractivity contribution in [3.63, 3.8) is 0 Å². The van der Waals surface area contributed by atoms with Gasteiger partial charge in [-0.05, 0) is 20.8 Å². The molecule has 0 radical (unpaired) electrons. The van der Waals surface area contributed by atoms with E-state index in [2.05, 4.69) is 15.6 Å². The lowest BCUT2D eigenvalue weighted by Crippen LogP contribution is -2.40. The van der Waals surface area contributed by atoms with Crippen LogP contribution < -0.4 is 16.2 Å². The van der Waals surface area contributed by atoms with E-state index in [-0.39, 0.29) is 23.3 Å². The first kappa shape index (κ1) is 16.2. The maximum absolute atomic E-state index is 12.1. The van der Waals surface area contributed by atoms with Crippen LogP contribution in [0, 0.1) is 0 Å². The maximum atomic E-state index is 12.1. The lowest BCUT2D eigenvalue weighted by molar-refractivity contribution is -0.121. The van der Waals surface area contributed by atoms with Gasteiger partial charge < -0.3 is 19.9 Å². The highest BCUT2D eigenvalue weighted by Crippen LogP contribution is 2.02. The average Bonchev–Trinajstić information content (AvgIpc) is 2.40. The summed E-state index contributed by atoms with van der Waals surface area (Å²) in [6.45, 7) is 6.37. The van der Waals surface area contributed by atoms with Crippen LogP contribution in [0.25, 0.3) is 0 Å². The molecule has 112 valence electrons. The number of methoxy groups -OCH3 is 1. The van der Waals surface area contributed by atoms with Crippen LogP contribution in [0.15, 0.2) is 17.2 Å². The van der Waals surface area contributed by atoms with E-state index in [0.717, 1.165) is 0 Å². The number of ether oxygens (including phenoxy) is 1. The van der Waals surface area contributed by atoms with Crippen molar-refractivity contribution in [2.24, 2.45) is 0 Å². The number of nitrogens with zero attached hydrogens (tertiary/aromatic N) is 2. The van der Waals surface area contributed by atoms with E-state index in [9.17, 15) is 9.59 Å². The first-order valence-corrected chi connectivity index (χ1v) is 6.57. The van der Waals surface area contributed by atoms with Gasteiger partial charge in [-0.15, -0.1) is 0 Å². The van der Waals surface area contributed by atoms with Crippen LogP contribution in [0.1, 0.15) is 26.8 Å². The monoisotopic (exact) mass is 282 g/mol. The molecule has 2 N–H and O–H groups in total. The molecule has 0 aliphatic heterocycles. The lowest BCUT2D eigenvalue weighted by Gasteiger charge is -2.16. The Bertz CT molecular complexity index is 499. The predicted molar refractivity (Wildman–Crippen MR) is 76.9 cm³/mol. The van der Waals surface area contributed by atoms with Crippen molar-refractivity contribution >= 4 is 11.7 Å². The number of carbonyl (C=O) groups excluding carboxylic acids is 1. The van der Waals surface area contributed by atoms with Gasteiger partial charge >= 0.3 is 0 Å². The average molecular weight is 282 g/mol. The lowest BCUT2D eigenvalue weighted by atomic mass is 10.3. The van der Waals surface area contributed by atoms with Crippen LogP contribution in [0.2, 0.25) is 0 Å². The Labute approximate surface area is 118 Å². The van der Waals surface area contributed by atoms with Gasteiger partial charge in [-0.3, -0.25) is 9.59 Å². The van der Waals surface area contributed by atoms with Crippen molar-refractivity contribution in [1.29, 1.82) is 0 Å². The van der Waals surface area contributed by atoms with Gasteiger partial charge in [0.05, 0.1) is 6.61 Å². The number of anilines is 1.